The van der Waals surface area contributed by atoms with Crippen molar-refractivity contribution in [1.29, 1.82) is 0 Å². The van der Waals surface area contributed by atoms with E-state index < -0.39 is 62.0 Å². The second-order valence-electron chi connectivity index (χ2n) is 10.7. The maximum Gasteiger partial charge on any atom is 0.269 e. The Morgan fingerprint density at radius 2 is 1.71 bits per heavy atom. The van der Waals surface area contributed by atoms with E-state index in [0.717, 1.165) is 9.80 Å². The van der Waals surface area contributed by atoms with Crippen molar-refractivity contribution in [2.24, 2.45) is 17.8 Å². The molecule has 2 aromatic carbocycles. The number of likely N-dealkylation sites (tertiary alicyclic amines) is 1. The number of benzene rings is 2. The lowest BCUT2D eigenvalue weighted by molar-refractivity contribution is -0.384. The molecule has 6 rings (SSSR count). The standard InChI is InChI=1S/C28H23Cl2N3O8/c1-31-25(37)27(29)12-18-16(22(28(27,30)26(31)38)13-3-10-20(41-2)19(34)11-13)8-9-17-21(18)24(36)32(23(17)35)14-4-6-15(7-5-14)33(39)40/h3-8,10-11,17-18,21-22,34H,9,12H2,1-2H3. The predicted molar refractivity (Wildman–Crippen MR) is 146 cm³/mol. The van der Waals surface area contributed by atoms with E-state index >= 15 is 0 Å². The summed E-state index contributed by atoms with van der Waals surface area (Å²) in [7, 11) is 2.68. The number of imide groups is 2. The third-order valence-corrected chi connectivity index (χ3v) is 10.3. The van der Waals surface area contributed by atoms with E-state index in [4.69, 9.17) is 27.9 Å². The summed E-state index contributed by atoms with van der Waals surface area (Å²) in [5.41, 5.74) is 0.958. The number of rotatable bonds is 4. The molecule has 0 radical (unpaired) electrons. The highest BCUT2D eigenvalue weighted by molar-refractivity contribution is 6.53. The summed E-state index contributed by atoms with van der Waals surface area (Å²) in [5, 5.41) is 21.7. The van der Waals surface area contributed by atoms with Gasteiger partial charge in [-0.1, -0.05) is 17.7 Å². The number of allylic oxidation sites excluding steroid dienone is 2. The van der Waals surface area contributed by atoms with Crippen molar-refractivity contribution < 1.29 is 33.9 Å². The molecule has 1 saturated carbocycles. The minimum absolute atomic E-state index is 0.156. The third kappa shape index (κ3) is 3.45. The molecule has 2 saturated heterocycles. The number of phenols is 1. The highest BCUT2D eigenvalue weighted by Crippen LogP contribution is 2.65. The largest absolute Gasteiger partial charge is 0.504 e. The van der Waals surface area contributed by atoms with Crippen LogP contribution in [0.5, 0.6) is 11.5 Å². The van der Waals surface area contributed by atoms with E-state index in [2.05, 4.69) is 0 Å². The first-order valence-corrected chi connectivity index (χ1v) is 13.5. The number of hydrogen-bond acceptors (Lipinski definition) is 8. The zero-order valence-corrected chi connectivity index (χ0v) is 23.3. The van der Waals surface area contributed by atoms with E-state index in [0.29, 0.717) is 11.1 Å². The number of methoxy groups -OCH3 is 1. The summed E-state index contributed by atoms with van der Waals surface area (Å²) in [6.07, 6.45) is 1.76. The number of phenolic OH excluding ortho intramolecular Hbond substituents is 1. The van der Waals surface area contributed by atoms with Crippen LogP contribution < -0.4 is 9.64 Å². The number of hydrogen-bond donors (Lipinski definition) is 1. The van der Waals surface area contributed by atoms with Crippen LogP contribution in [0.3, 0.4) is 0 Å². The fourth-order valence-corrected chi connectivity index (χ4v) is 8.00. The van der Waals surface area contributed by atoms with Crippen molar-refractivity contribution in [3.63, 3.8) is 0 Å². The van der Waals surface area contributed by atoms with Crippen molar-refractivity contribution >= 4 is 58.2 Å². The Kier molecular flexibility index (Phi) is 5.99. The van der Waals surface area contributed by atoms with E-state index in [1.807, 2.05) is 0 Å². The van der Waals surface area contributed by atoms with Crippen LogP contribution in [-0.2, 0) is 19.2 Å². The molecule has 0 spiro atoms. The normalized spacial score (nSPS) is 32.4. The molecule has 3 fully saturated rings. The van der Waals surface area contributed by atoms with Gasteiger partial charge in [0.15, 0.2) is 21.2 Å². The number of carbonyl (C=O) groups is 4. The average molecular weight is 600 g/mol. The number of fused-ring (bicyclic) bond motifs is 4. The van der Waals surface area contributed by atoms with E-state index in [9.17, 15) is 34.4 Å². The topological polar surface area (TPSA) is 147 Å². The summed E-state index contributed by atoms with van der Waals surface area (Å²) >= 11 is 14.2. The Morgan fingerprint density at radius 3 is 2.32 bits per heavy atom. The molecule has 41 heavy (non-hydrogen) atoms. The number of amides is 4. The molecule has 11 nitrogen and oxygen atoms in total. The monoisotopic (exact) mass is 599 g/mol. The van der Waals surface area contributed by atoms with Crippen LogP contribution in [0.25, 0.3) is 0 Å². The maximum absolute atomic E-state index is 13.9. The zero-order chi connectivity index (χ0) is 29.6. The smallest absolute Gasteiger partial charge is 0.269 e. The van der Waals surface area contributed by atoms with Gasteiger partial charge in [0, 0.05) is 25.1 Å². The van der Waals surface area contributed by atoms with Crippen molar-refractivity contribution in [3.8, 4) is 11.5 Å². The van der Waals surface area contributed by atoms with Crippen LogP contribution >= 0.6 is 23.2 Å². The summed E-state index contributed by atoms with van der Waals surface area (Å²) in [6.45, 7) is 0. The summed E-state index contributed by atoms with van der Waals surface area (Å²) in [5.74, 6) is -5.92. The highest BCUT2D eigenvalue weighted by Gasteiger charge is 2.75. The van der Waals surface area contributed by atoms with Crippen LogP contribution in [0.4, 0.5) is 11.4 Å². The lowest BCUT2D eigenvalue weighted by Crippen LogP contribution is -2.60. The molecular weight excluding hydrogens is 577 g/mol. The van der Waals surface area contributed by atoms with Gasteiger partial charge in [0.1, 0.15) is 0 Å². The number of ether oxygens (including phenoxy) is 1. The first-order valence-electron chi connectivity index (χ1n) is 12.8. The molecule has 2 aromatic rings. The molecule has 2 aliphatic heterocycles. The molecule has 4 amide bonds. The van der Waals surface area contributed by atoms with Gasteiger partial charge >= 0.3 is 0 Å². The number of nitrogens with zero attached hydrogens (tertiary/aromatic N) is 3. The second kappa shape index (κ2) is 9.02. The number of nitro groups is 1. The van der Waals surface area contributed by atoms with Gasteiger partial charge in [-0.25, -0.2) is 0 Å². The molecule has 0 aromatic heterocycles. The Labute approximate surface area is 243 Å². The Bertz CT molecular complexity index is 1590. The molecule has 1 N–H and O–H groups in total. The number of non-ortho nitro benzene ring substituents is 1. The number of aromatic hydroxyl groups is 1. The van der Waals surface area contributed by atoms with E-state index in [-0.39, 0.29) is 35.7 Å². The minimum Gasteiger partial charge on any atom is -0.504 e. The number of nitro benzene ring substituents is 1. The first kappa shape index (κ1) is 27.2. The van der Waals surface area contributed by atoms with Crippen molar-refractivity contribution in [2.45, 2.75) is 28.5 Å². The minimum atomic E-state index is -1.97. The number of carbonyl (C=O) groups excluding carboxylic acids is 4. The summed E-state index contributed by atoms with van der Waals surface area (Å²) < 4.78 is 5.16. The Morgan fingerprint density at radius 1 is 1.02 bits per heavy atom. The van der Waals surface area contributed by atoms with Gasteiger partial charge in [-0.3, -0.25) is 39.1 Å². The SMILES string of the molecule is COc1ccc(C2C3=CCC4C(=O)N(c5ccc([N+](=O)[O-])cc5)C(=O)C4C3CC3(Cl)C(=O)N(C)C(=O)C23Cl)cc1O. The lowest BCUT2D eigenvalue weighted by Gasteiger charge is -2.50. The molecule has 6 atom stereocenters. The molecule has 2 aliphatic carbocycles. The quantitative estimate of drug-likeness (QED) is 0.184. The van der Waals surface area contributed by atoms with Gasteiger partial charge < -0.3 is 9.84 Å². The average Bonchev–Trinajstić information content (AvgIpc) is 3.28. The number of anilines is 1. The summed E-state index contributed by atoms with van der Waals surface area (Å²) in [4.78, 5) is 63.1. The molecule has 13 heteroatoms. The van der Waals surface area contributed by atoms with Gasteiger partial charge in [0.05, 0.1) is 29.6 Å². The van der Waals surface area contributed by atoms with Crippen LogP contribution in [-0.4, -0.2) is 62.5 Å². The van der Waals surface area contributed by atoms with Crippen LogP contribution in [0.2, 0.25) is 0 Å². The van der Waals surface area contributed by atoms with E-state index in [1.165, 1.54) is 50.6 Å². The van der Waals surface area contributed by atoms with Crippen molar-refractivity contribution in [1.82, 2.24) is 4.90 Å². The Balaban J connectivity index is 1.48. The molecule has 212 valence electrons. The van der Waals surface area contributed by atoms with Crippen LogP contribution in [0.1, 0.15) is 24.3 Å². The van der Waals surface area contributed by atoms with Crippen molar-refractivity contribution in [2.75, 3.05) is 19.1 Å². The van der Waals surface area contributed by atoms with Crippen LogP contribution in [0, 0.1) is 27.9 Å². The van der Waals surface area contributed by atoms with Gasteiger partial charge in [-0.05, 0) is 48.6 Å². The first-order chi connectivity index (χ1) is 19.4. The molecule has 6 unspecified atom stereocenters. The van der Waals surface area contributed by atoms with E-state index in [1.54, 1.807) is 12.1 Å². The van der Waals surface area contributed by atoms with Gasteiger partial charge in [0.2, 0.25) is 11.8 Å². The molecule has 4 aliphatic rings. The molecule has 2 heterocycles. The fourth-order valence-electron chi connectivity index (χ4n) is 6.98. The Hall–Kier alpha value is -3.96. The lowest BCUT2D eigenvalue weighted by atomic mass is 9.56. The number of alkyl halides is 2. The van der Waals surface area contributed by atoms with Gasteiger partial charge in [0.25, 0.3) is 17.5 Å². The predicted octanol–water partition coefficient (Wildman–Crippen LogP) is 3.50. The van der Waals surface area contributed by atoms with Gasteiger partial charge in [-0.2, -0.15) is 0 Å². The summed E-state index contributed by atoms with van der Waals surface area (Å²) in [6, 6.07) is 9.60. The molecular formula is C28H23Cl2N3O8. The zero-order valence-electron chi connectivity index (χ0n) is 21.7. The third-order valence-electron chi connectivity index (χ3n) is 8.87. The number of halogens is 2. The van der Waals surface area contributed by atoms with Gasteiger partial charge in [-0.15, -0.1) is 23.2 Å². The fraction of sp³-hybridized carbons (Fsp3) is 0.357. The van der Waals surface area contributed by atoms with Crippen molar-refractivity contribution in [3.05, 3.63) is 69.8 Å². The second-order valence-corrected chi connectivity index (χ2v) is 12.0. The molecule has 0 bridgehead atoms. The highest BCUT2D eigenvalue weighted by atomic mass is 35.5. The maximum atomic E-state index is 13.9. The van der Waals surface area contributed by atoms with Crippen LogP contribution in [0.15, 0.2) is 54.1 Å².